The Hall–Kier alpha value is -1.51. The van der Waals surface area contributed by atoms with Crippen LogP contribution < -0.4 is 0 Å². The van der Waals surface area contributed by atoms with Crippen molar-refractivity contribution < 1.29 is 14.3 Å². The van der Waals surface area contributed by atoms with Crippen molar-refractivity contribution in [2.75, 3.05) is 53.1 Å². The molecule has 0 aromatic carbocycles. The van der Waals surface area contributed by atoms with Gasteiger partial charge in [0.2, 0.25) is 5.91 Å². The molecular weight excluding hydrogens is 322 g/mol. The van der Waals surface area contributed by atoms with Crippen molar-refractivity contribution >= 4 is 5.91 Å². The Morgan fingerprint density at radius 3 is 2.84 bits per heavy atom. The van der Waals surface area contributed by atoms with E-state index in [4.69, 9.17) is 9.47 Å². The van der Waals surface area contributed by atoms with Crippen LogP contribution in [0.25, 0.3) is 0 Å². The summed E-state index contributed by atoms with van der Waals surface area (Å²) in [5.74, 6) is 2.41. The highest BCUT2D eigenvalue weighted by molar-refractivity contribution is 5.76. The molecular formula is C17H29N5O3. The predicted octanol–water partition coefficient (Wildman–Crippen LogP) is 0.390. The molecule has 3 rings (SSSR count). The fourth-order valence-corrected chi connectivity index (χ4v) is 3.59. The summed E-state index contributed by atoms with van der Waals surface area (Å²) < 4.78 is 12.5. The summed E-state index contributed by atoms with van der Waals surface area (Å²) >= 11 is 0. The molecule has 1 aromatic heterocycles. The van der Waals surface area contributed by atoms with Crippen LogP contribution in [-0.2, 0) is 27.9 Å². The van der Waals surface area contributed by atoms with Gasteiger partial charge >= 0.3 is 0 Å². The molecule has 0 spiro atoms. The fraction of sp³-hybridized carbons (Fsp3) is 0.824. The van der Waals surface area contributed by atoms with Crippen LogP contribution in [0.1, 0.15) is 36.8 Å². The van der Waals surface area contributed by atoms with Gasteiger partial charge in [-0.2, -0.15) is 0 Å². The van der Waals surface area contributed by atoms with Crippen molar-refractivity contribution in [1.82, 2.24) is 24.6 Å². The van der Waals surface area contributed by atoms with Gasteiger partial charge in [0.15, 0.2) is 0 Å². The molecule has 1 aromatic rings. The first-order valence-corrected chi connectivity index (χ1v) is 9.14. The zero-order valence-electron chi connectivity index (χ0n) is 15.3. The lowest BCUT2D eigenvalue weighted by molar-refractivity contribution is -0.133. The van der Waals surface area contributed by atoms with E-state index in [0.717, 1.165) is 70.4 Å². The number of nitrogens with zero attached hydrogens (tertiary/aromatic N) is 5. The van der Waals surface area contributed by atoms with Crippen LogP contribution in [-0.4, -0.2) is 83.6 Å². The first-order valence-electron chi connectivity index (χ1n) is 9.14. The van der Waals surface area contributed by atoms with Crippen LogP contribution in [0.3, 0.4) is 0 Å². The zero-order chi connectivity index (χ0) is 17.6. The molecule has 1 atom stereocenters. The lowest BCUT2D eigenvalue weighted by Crippen LogP contribution is -2.40. The molecule has 0 saturated carbocycles. The predicted molar refractivity (Wildman–Crippen MR) is 92.1 cm³/mol. The lowest BCUT2D eigenvalue weighted by Gasteiger charge is -2.32. The number of hydrogen-bond donors (Lipinski definition) is 0. The van der Waals surface area contributed by atoms with Gasteiger partial charge in [-0.05, 0) is 12.8 Å². The Morgan fingerprint density at radius 1 is 1.28 bits per heavy atom. The molecule has 2 aliphatic rings. The fourth-order valence-electron chi connectivity index (χ4n) is 3.59. The number of carbonyl (C=O) groups excluding carboxylic acids is 1. The third-order valence-electron chi connectivity index (χ3n) is 5.13. The van der Waals surface area contributed by atoms with Gasteiger partial charge in [-0.25, -0.2) is 0 Å². The summed E-state index contributed by atoms with van der Waals surface area (Å²) in [6, 6.07) is 0. The smallest absolute Gasteiger partial charge is 0.224 e. The molecule has 0 aliphatic carbocycles. The number of aromatic nitrogens is 3. The van der Waals surface area contributed by atoms with E-state index in [1.807, 2.05) is 11.9 Å². The molecule has 0 radical (unpaired) electrons. The summed E-state index contributed by atoms with van der Waals surface area (Å²) in [6.45, 7) is 6.28. The van der Waals surface area contributed by atoms with Gasteiger partial charge in [0, 0.05) is 46.3 Å². The van der Waals surface area contributed by atoms with Gasteiger partial charge < -0.3 is 18.9 Å². The maximum atomic E-state index is 12.3. The Bertz CT molecular complexity index is 571. The second kappa shape index (κ2) is 8.73. The van der Waals surface area contributed by atoms with Gasteiger partial charge in [0.1, 0.15) is 11.6 Å². The highest BCUT2D eigenvalue weighted by Gasteiger charge is 2.28. The Balaban J connectivity index is 1.62. The third kappa shape index (κ3) is 4.56. The maximum absolute atomic E-state index is 12.3. The molecule has 25 heavy (non-hydrogen) atoms. The number of rotatable bonds is 6. The minimum atomic E-state index is 0.169. The first kappa shape index (κ1) is 18.3. The summed E-state index contributed by atoms with van der Waals surface area (Å²) in [7, 11) is 3.67. The van der Waals surface area contributed by atoms with E-state index < -0.39 is 0 Å². The third-order valence-corrected chi connectivity index (χ3v) is 5.13. The van der Waals surface area contributed by atoms with Gasteiger partial charge in [-0.1, -0.05) is 0 Å². The van der Waals surface area contributed by atoms with Gasteiger partial charge in [-0.15, -0.1) is 10.2 Å². The van der Waals surface area contributed by atoms with Crippen molar-refractivity contribution in [3.8, 4) is 0 Å². The van der Waals surface area contributed by atoms with Crippen molar-refractivity contribution in [2.24, 2.45) is 7.05 Å². The number of methoxy groups -OCH3 is 1. The molecule has 2 fully saturated rings. The lowest BCUT2D eigenvalue weighted by atomic mass is 9.97. The zero-order valence-corrected chi connectivity index (χ0v) is 15.3. The highest BCUT2D eigenvalue weighted by atomic mass is 16.5. The molecule has 3 heterocycles. The van der Waals surface area contributed by atoms with E-state index in [1.165, 1.54) is 0 Å². The highest BCUT2D eigenvalue weighted by Crippen LogP contribution is 2.26. The molecule has 8 nitrogen and oxygen atoms in total. The number of morpholine rings is 1. The normalized spacial score (nSPS) is 22.3. The molecule has 2 saturated heterocycles. The minimum absolute atomic E-state index is 0.169. The monoisotopic (exact) mass is 351 g/mol. The minimum Gasteiger partial charge on any atom is -0.384 e. The first-order chi connectivity index (χ1) is 12.2. The van der Waals surface area contributed by atoms with E-state index in [1.54, 1.807) is 7.11 Å². The number of piperidine rings is 1. The van der Waals surface area contributed by atoms with Crippen LogP contribution >= 0.6 is 0 Å². The molecule has 8 heteroatoms. The maximum Gasteiger partial charge on any atom is 0.224 e. The van der Waals surface area contributed by atoms with Gasteiger partial charge in [-0.3, -0.25) is 9.69 Å². The molecule has 2 aliphatic heterocycles. The topological polar surface area (TPSA) is 72.7 Å². The van der Waals surface area contributed by atoms with Crippen molar-refractivity contribution in [3.63, 3.8) is 0 Å². The standard InChI is InChI=1S/C17H29N5O3/c1-20-15(13-21-7-10-25-11-8-21)18-19-17(20)14-4-3-6-22(12-14)16(23)5-9-24-2/h14H,3-13H2,1-2H3/t14-/m0/s1. The van der Waals surface area contributed by atoms with Crippen LogP contribution in [0.15, 0.2) is 0 Å². The second-order valence-electron chi connectivity index (χ2n) is 6.84. The van der Waals surface area contributed by atoms with E-state index in [0.29, 0.717) is 13.0 Å². The quantitative estimate of drug-likeness (QED) is 0.738. The van der Waals surface area contributed by atoms with Crippen LogP contribution in [0, 0.1) is 0 Å². The summed E-state index contributed by atoms with van der Waals surface area (Å²) in [4.78, 5) is 16.6. The van der Waals surface area contributed by atoms with Gasteiger partial charge in [0.05, 0.1) is 32.8 Å². The SMILES string of the molecule is COCCC(=O)N1CCC[C@H](c2nnc(CN3CCOCC3)n2C)C1. The van der Waals surface area contributed by atoms with Crippen LogP contribution in [0.4, 0.5) is 0 Å². The summed E-state index contributed by atoms with van der Waals surface area (Å²) in [5, 5.41) is 8.86. The van der Waals surface area contributed by atoms with Crippen LogP contribution in [0.2, 0.25) is 0 Å². The van der Waals surface area contributed by atoms with Gasteiger partial charge in [0.25, 0.3) is 0 Å². The van der Waals surface area contributed by atoms with E-state index in [-0.39, 0.29) is 11.8 Å². The Morgan fingerprint density at radius 2 is 2.08 bits per heavy atom. The number of amides is 1. The molecule has 140 valence electrons. The van der Waals surface area contributed by atoms with Crippen molar-refractivity contribution in [3.05, 3.63) is 11.6 Å². The summed E-state index contributed by atoms with van der Waals surface area (Å²) in [6.07, 6.45) is 2.51. The molecule has 0 bridgehead atoms. The number of carbonyl (C=O) groups is 1. The van der Waals surface area contributed by atoms with E-state index in [9.17, 15) is 4.79 Å². The van der Waals surface area contributed by atoms with Crippen molar-refractivity contribution in [1.29, 1.82) is 0 Å². The van der Waals surface area contributed by atoms with Crippen LogP contribution in [0.5, 0.6) is 0 Å². The molecule has 0 N–H and O–H groups in total. The van der Waals surface area contributed by atoms with E-state index in [2.05, 4.69) is 19.7 Å². The van der Waals surface area contributed by atoms with E-state index >= 15 is 0 Å². The van der Waals surface area contributed by atoms with Crippen molar-refractivity contribution in [2.45, 2.75) is 31.7 Å². The molecule has 1 amide bonds. The second-order valence-corrected chi connectivity index (χ2v) is 6.84. The summed E-state index contributed by atoms with van der Waals surface area (Å²) in [5.41, 5.74) is 0. The molecule has 0 unspecified atom stereocenters. The average Bonchev–Trinajstić information content (AvgIpc) is 3.01. The number of likely N-dealkylation sites (tertiary alicyclic amines) is 1. The average molecular weight is 351 g/mol. The Kier molecular flexibility index (Phi) is 6.39. The largest absolute Gasteiger partial charge is 0.384 e. The number of ether oxygens (including phenoxy) is 2. The number of hydrogen-bond acceptors (Lipinski definition) is 6. The Labute approximate surface area is 149 Å².